The first-order valence-corrected chi connectivity index (χ1v) is 11.6. The van der Waals surface area contributed by atoms with Crippen molar-refractivity contribution in [3.63, 3.8) is 0 Å². The van der Waals surface area contributed by atoms with Crippen LogP contribution in [0.4, 0.5) is 4.79 Å². The average molecular weight is 432 g/mol. The van der Waals surface area contributed by atoms with Crippen LogP contribution in [0.1, 0.15) is 84.4 Å². The van der Waals surface area contributed by atoms with Gasteiger partial charge in [0.05, 0.1) is 12.6 Å². The van der Waals surface area contributed by atoms with Gasteiger partial charge in [-0.05, 0) is 56.6 Å². The lowest BCUT2D eigenvalue weighted by Gasteiger charge is -2.33. The molecule has 0 spiro atoms. The Kier molecular flexibility index (Phi) is 8.92. The quantitative estimate of drug-likeness (QED) is 0.661. The van der Waals surface area contributed by atoms with Gasteiger partial charge in [-0.1, -0.05) is 52.0 Å². The predicted molar refractivity (Wildman–Crippen MR) is 125 cm³/mol. The number of carbonyl (C=O) groups excluding carboxylic acids is 2. The molecule has 1 atom stereocenters. The van der Waals surface area contributed by atoms with Crippen molar-refractivity contribution < 1.29 is 14.3 Å². The van der Waals surface area contributed by atoms with Gasteiger partial charge in [-0.3, -0.25) is 9.69 Å². The number of hydrogen-bond acceptors (Lipinski definition) is 4. The van der Waals surface area contributed by atoms with Crippen LogP contribution < -0.4 is 10.6 Å². The summed E-state index contributed by atoms with van der Waals surface area (Å²) in [7, 11) is 0. The molecule has 6 nitrogen and oxygen atoms in total. The first-order valence-electron chi connectivity index (χ1n) is 11.6. The summed E-state index contributed by atoms with van der Waals surface area (Å²) in [5.74, 6) is 0.844. The molecule has 1 fully saturated rings. The fourth-order valence-electron chi connectivity index (χ4n) is 3.85. The maximum absolute atomic E-state index is 12.7. The molecule has 174 valence electrons. The van der Waals surface area contributed by atoms with Crippen LogP contribution in [0.2, 0.25) is 0 Å². The van der Waals surface area contributed by atoms with E-state index in [-0.39, 0.29) is 24.1 Å². The minimum Gasteiger partial charge on any atom is -0.444 e. The van der Waals surface area contributed by atoms with Crippen molar-refractivity contribution in [2.75, 3.05) is 19.6 Å². The lowest BCUT2D eigenvalue weighted by molar-refractivity contribution is -0.123. The normalized spacial score (nSPS) is 16.9. The lowest BCUT2D eigenvalue weighted by atomic mass is 9.93. The topological polar surface area (TPSA) is 70.7 Å². The first kappa shape index (κ1) is 25.2. The third-order valence-electron chi connectivity index (χ3n) is 5.62. The third kappa shape index (κ3) is 8.52. The van der Waals surface area contributed by atoms with E-state index >= 15 is 0 Å². The molecule has 1 unspecified atom stereocenters. The molecule has 6 heteroatoms. The Balaban J connectivity index is 1.83. The van der Waals surface area contributed by atoms with Crippen LogP contribution in [0, 0.1) is 5.92 Å². The van der Waals surface area contributed by atoms with Crippen LogP contribution in [-0.2, 0) is 9.53 Å². The van der Waals surface area contributed by atoms with Crippen molar-refractivity contribution in [3.8, 4) is 0 Å². The highest BCUT2D eigenvalue weighted by Gasteiger charge is 2.25. The number of rotatable bonds is 7. The molecule has 0 aromatic heterocycles. The van der Waals surface area contributed by atoms with E-state index in [0.29, 0.717) is 18.4 Å². The molecular weight excluding hydrogens is 390 g/mol. The van der Waals surface area contributed by atoms with E-state index in [2.05, 4.69) is 67.5 Å². The van der Waals surface area contributed by atoms with Gasteiger partial charge in [0.1, 0.15) is 5.60 Å². The number of alkyl carbamates (subject to hydrolysis) is 1. The zero-order valence-corrected chi connectivity index (χ0v) is 20.3. The minimum absolute atomic E-state index is 0.0000799. The summed E-state index contributed by atoms with van der Waals surface area (Å²) in [6.45, 7) is 16.2. The van der Waals surface area contributed by atoms with Crippen LogP contribution >= 0.6 is 0 Å². The summed E-state index contributed by atoms with van der Waals surface area (Å²) < 4.78 is 5.33. The van der Waals surface area contributed by atoms with Crippen molar-refractivity contribution in [1.82, 2.24) is 15.5 Å². The Hall–Kier alpha value is -2.08. The second-order valence-electron chi connectivity index (χ2n) is 10.3. The highest BCUT2D eigenvalue weighted by molar-refractivity contribution is 5.78. The molecular formula is C25H41N3O3. The van der Waals surface area contributed by atoms with E-state index in [1.54, 1.807) is 0 Å². The summed E-state index contributed by atoms with van der Waals surface area (Å²) in [5, 5.41) is 6.17. The standard InChI is InChI=1S/C25H41N3O3/c1-17(2)19-8-10-20(11-9-19)23(18(3)4)27-22(29)16-28-14-12-21(13-15-28)26-24(30)31-25(5,6)7/h8-11,17-18,21,23H,12-16H2,1-7H3,(H,26,30)(H,27,29). The maximum atomic E-state index is 12.7. The molecule has 1 aliphatic heterocycles. The van der Waals surface area contributed by atoms with Crippen molar-refractivity contribution in [2.45, 2.75) is 84.9 Å². The number of benzene rings is 1. The molecule has 1 saturated heterocycles. The van der Waals surface area contributed by atoms with Gasteiger partial charge < -0.3 is 15.4 Å². The van der Waals surface area contributed by atoms with Gasteiger partial charge in [-0.15, -0.1) is 0 Å². The van der Waals surface area contributed by atoms with Crippen molar-refractivity contribution in [3.05, 3.63) is 35.4 Å². The Morgan fingerprint density at radius 3 is 2.06 bits per heavy atom. The number of likely N-dealkylation sites (tertiary alicyclic amines) is 1. The highest BCUT2D eigenvalue weighted by atomic mass is 16.6. The van der Waals surface area contributed by atoms with E-state index < -0.39 is 5.60 Å². The number of piperidine rings is 1. The molecule has 2 rings (SSSR count). The second-order valence-corrected chi connectivity index (χ2v) is 10.3. The molecule has 1 heterocycles. The minimum atomic E-state index is -0.495. The summed E-state index contributed by atoms with van der Waals surface area (Å²) in [4.78, 5) is 26.9. The number of hydrogen-bond donors (Lipinski definition) is 2. The van der Waals surface area contributed by atoms with Crippen molar-refractivity contribution in [2.24, 2.45) is 5.92 Å². The molecule has 0 aliphatic carbocycles. The number of ether oxygens (including phenoxy) is 1. The van der Waals surface area contributed by atoms with E-state index in [0.717, 1.165) is 31.5 Å². The fraction of sp³-hybridized carbons (Fsp3) is 0.680. The smallest absolute Gasteiger partial charge is 0.407 e. The van der Waals surface area contributed by atoms with Gasteiger partial charge in [-0.25, -0.2) is 4.79 Å². The molecule has 1 aromatic rings. The molecule has 2 N–H and O–H groups in total. The SMILES string of the molecule is CC(C)c1ccc(C(NC(=O)CN2CCC(NC(=O)OC(C)(C)C)CC2)C(C)C)cc1. The van der Waals surface area contributed by atoms with Crippen molar-refractivity contribution >= 4 is 12.0 Å². The third-order valence-corrected chi connectivity index (χ3v) is 5.62. The zero-order valence-electron chi connectivity index (χ0n) is 20.3. The largest absolute Gasteiger partial charge is 0.444 e. The average Bonchev–Trinajstić information content (AvgIpc) is 2.66. The first-order chi connectivity index (χ1) is 14.4. The molecule has 1 aliphatic rings. The van der Waals surface area contributed by atoms with E-state index in [1.807, 2.05) is 20.8 Å². The lowest BCUT2D eigenvalue weighted by Crippen LogP contribution is -2.48. The molecule has 0 bridgehead atoms. The predicted octanol–water partition coefficient (Wildman–Crippen LogP) is 4.61. The number of amides is 2. The molecule has 0 saturated carbocycles. The summed E-state index contributed by atoms with van der Waals surface area (Å²) in [5.41, 5.74) is 1.96. The van der Waals surface area contributed by atoms with E-state index in [1.165, 1.54) is 5.56 Å². The van der Waals surface area contributed by atoms with E-state index in [9.17, 15) is 9.59 Å². The Morgan fingerprint density at radius 2 is 1.58 bits per heavy atom. The monoisotopic (exact) mass is 431 g/mol. The second kappa shape index (κ2) is 11.0. The van der Waals surface area contributed by atoms with Crippen LogP contribution in [0.15, 0.2) is 24.3 Å². The number of nitrogens with one attached hydrogen (secondary N) is 2. The van der Waals surface area contributed by atoms with Crippen LogP contribution in [0.3, 0.4) is 0 Å². The van der Waals surface area contributed by atoms with Gasteiger partial charge in [0.2, 0.25) is 5.91 Å². The molecule has 2 amide bonds. The van der Waals surface area contributed by atoms with Crippen LogP contribution in [0.5, 0.6) is 0 Å². The molecule has 31 heavy (non-hydrogen) atoms. The van der Waals surface area contributed by atoms with E-state index in [4.69, 9.17) is 4.74 Å². The summed E-state index contributed by atoms with van der Waals surface area (Å²) in [6.07, 6.45) is 1.26. The van der Waals surface area contributed by atoms with Crippen LogP contribution in [-0.4, -0.2) is 48.2 Å². The Labute approximate surface area is 188 Å². The Morgan fingerprint density at radius 1 is 1.03 bits per heavy atom. The van der Waals surface area contributed by atoms with Gasteiger partial charge in [0.15, 0.2) is 0 Å². The summed E-state index contributed by atoms with van der Waals surface area (Å²) >= 11 is 0. The molecule has 0 radical (unpaired) electrons. The van der Waals surface area contributed by atoms with Crippen molar-refractivity contribution in [1.29, 1.82) is 0 Å². The zero-order chi connectivity index (χ0) is 23.2. The highest BCUT2D eigenvalue weighted by Crippen LogP contribution is 2.24. The van der Waals surface area contributed by atoms with Crippen LogP contribution in [0.25, 0.3) is 0 Å². The summed E-state index contributed by atoms with van der Waals surface area (Å²) in [6, 6.07) is 8.67. The maximum Gasteiger partial charge on any atom is 0.407 e. The van der Waals surface area contributed by atoms with Gasteiger partial charge >= 0.3 is 6.09 Å². The molecule has 1 aromatic carbocycles. The number of carbonyl (C=O) groups is 2. The van der Waals surface area contributed by atoms with Gasteiger partial charge in [0.25, 0.3) is 0 Å². The fourth-order valence-corrected chi connectivity index (χ4v) is 3.85. The van der Waals surface area contributed by atoms with Gasteiger partial charge in [0, 0.05) is 19.1 Å². The van der Waals surface area contributed by atoms with Gasteiger partial charge in [-0.2, -0.15) is 0 Å². The number of nitrogens with zero attached hydrogens (tertiary/aromatic N) is 1. The Bertz CT molecular complexity index is 715.